The van der Waals surface area contributed by atoms with Crippen LogP contribution in [0.15, 0.2) is 30.3 Å². The van der Waals surface area contributed by atoms with E-state index in [4.69, 9.17) is 9.47 Å². The van der Waals surface area contributed by atoms with Crippen LogP contribution in [0, 0.1) is 6.92 Å². The van der Waals surface area contributed by atoms with E-state index in [1.165, 1.54) is 0 Å². The van der Waals surface area contributed by atoms with E-state index in [1.807, 2.05) is 44.2 Å². The van der Waals surface area contributed by atoms with Crippen molar-refractivity contribution in [2.75, 3.05) is 50.1 Å². The molecule has 0 unspecified atom stereocenters. The van der Waals surface area contributed by atoms with E-state index in [0.29, 0.717) is 38.6 Å². The van der Waals surface area contributed by atoms with Crippen LogP contribution in [-0.4, -0.2) is 60.9 Å². The molecule has 8 nitrogen and oxygen atoms in total. The molecule has 8 heteroatoms. The average Bonchev–Trinajstić information content (AvgIpc) is 2.68. The fourth-order valence-corrected chi connectivity index (χ4v) is 2.96. The van der Waals surface area contributed by atoms with Crippen molar-refractivity contribution in [1.82, 2.24) is 14.9 Å². The van der Waals surface area contributed by atoms with Gasteiger partial charge in [-0.05, 0) is 26.0 Å². The van der Waals surface area contributed by atoms with Crippen molar-refractivity contribution in [2.45, 2.75) is 13.8 Å². The standard InChI is InChI=1S/C19H25N5O3/c1-4-27-19(25)24-10-8-23(9-11-24)18-13-17(20-14(2)21-18)22-15-6-5-7-16(12-15)26-3/h5-7,12-13H,4,8-11H2,1-3H3,(H,20,21,22). The number of anilines is 3. The fourth-order valence-electron chi connectivity index (χ4n) is 2.96. The van der Waals surface area contributed by atoms with Crippen molar-refractivity contribution in [3.8, 4) is 5.75 Å². The number of carbonyl (C=O) groups is 1. The van der Waals surface area contributed by atoms with Gasteiger partial charge in [-0.15, -0.1) is 0 Å². The molecule has 1 saturated heterocycles. The Morgan fingerprint density at radius 1 is 1.19 bits per heavy atom. The second kappa shape index (κ2) is 8.57. The maximum atomic E-state index is 11.8. The second-order valence-electron chi connectivity index (χ2n) is 6.19. The molecule has 1 amide bonds. The molecule has 3 rings (SSSR count). The average molecular weight is 371 g/mol. The normalized spacial score (nSPS) is 14.0. The van der Waals surface area contributed by atoms with Crippen LogP contribution in [0.2, 0.25) is 0 Å². The van der Waals surface area contributed by atoms with Crippen molar-refractivity contribution >= 4 is 23.4 Å². The predicted octanol–water partition coefficient (Wildman–Crippen LogP) is 2.82. The summed E-state index contributed by atoms with van der Waals surface area (Å²) < 4.78 is 10.3. The Morgan fingerprint density at radius 3 is 2.67 bits per heavy atom. The topological polar surface area (TPSA) is 79.8 Å². The van der Waals surface area contributed by atoms with Crippen LogP contribution in [0.5, 0.6) is 5.75 Å². The Bertz CT molecular complexity index is 791. The molecule has 0 saturated carbocycles. The molecule has 1 aromatic carbocycles. The second-order valence-corrected chi connectivity index (χ2v) is 6.19. The van der Waals surface area contributed by atoms with Crippen LogP contribution in [0.4, 0.5) is 22.1 Å². The molecule has 27 heavy (non-hydrogen) atoms. The van der Waals surface area contributed by atoms with Gasteiger partial charge in [-0.25, -0.2) is 14.8 Å². The molecule has 144 valence electrons. The summed E-state index contributed by atoms with van der Waals surface area (Å²) in [5.74, 6) is 3.03. The number of nitrogens with zero attached hydrogens (tertiary/aromatic N) is 4. The number of hydrogen-bond acceptors (Lipinski definition) is 7. The van der Waals surface area contributed by atoms with Crippen molar-refractivity contribution in [2.24, 2.45) is 0 Å². The monoisotopic (exact) mass is 371 g/mol. The van der Waals surface area contributed by atoms with E-state index in [-0.39, 0.29) is 6.09 Å². The highest BCUT2D eigenvalue weighted by Crippen LogP contribution is 2.23. The summed E-state index contributed by atoms with van der Waals surface area (Å²) in [5, 5.41) is 3.30. The number of rotatable bonds is 5. The van der Waals surface area contributed by atoms with Crippen molar-refractivity contribution in [1.29, 1.82) is 0 Å². The van der Waals surface area contributed by atoms with Crippen LogP contribution in [-0.2, 0) is 4.74 Å². The van der Waals surface area contributed by atoms with E-state index in [1.54, 1.807) is 12.0 Å². The minimum absolute atomic E-state index is 0.253. The molecule has 1 aromatic heterocycles. The molecule has 0 bridgehead atoms. The Kier molecular flexibility index (Phi) is 5.95. The van der Waals surface area contributed by atoms with Gasteiger partial charge in [0, 0.05) is 44.0 Å². The zero-order valence-corrected chi connectivity index (χ0v) is 15.9. The highest BCUT2D eigenvalue weighted by atomic mass is 16.6. The van der Waals surface area contributed by atoms with Gasteiger partial charge in [0.25, 0.3) is 0 Å². The third-order valence-corrected chi connectivity index (χ3v) is 4.30. The number of aryl methyl sites for hydroxylation is 1. The first-order valence-electron chi connectivity index (χ1n) is 9.02. The SMILES string of the molecule is CCOC(=O)N1CCN(c2cc(Nc3cccc(OC)c3)nc(C)n2)CC1. The van der Waals surface area contributed by atoms with Gasteiger partial charge in [-0.1, -0.05) is 6.07 Å². The molecule has 0 spiro atoms. The Balaban J connectivity index is 1.69. The Hall–Kier alpha value is -3.03. The molecule has 1 fully saturated rings. The van der Waals surface area contributed by atoms with Crippen LogP contribution in [0.25, 0.3) is 0 Å². The maximum Gasteiger partial charge on any atom is 0.409 e. The van der Waals surface area contributed by atoms with E-state index < -0.39 is 0 Å². The summed E-state index contributed by atoms with van der Waals surface area (Å²) >= 11 is 0. The molecule has 2 heterocycles. The van der Waals surface area contributed by atoms with Gasteiger partial charge in [0.1, 0.15) is 23.2 Å². The maximum absolute atomic E-state index is 11.8. The first kappa shape index (κ1) is 18.8. The quantitative estimate of drug-likeness (QED) is 0.866. The molecule has 1 N–H and O–H groups in total. The number of ether oxygens (including phenoxy) is 2. The van der Waals surface area contributed by atoms with E-state index in [0.717, 1.165) is 23.1 Å². The highest BCUT2D eigenvalue weighted by Gasteiger charge is 2.23. The molecule has 0 aliphatic carbocycles. The van der Waals surface area contributed by atoms with Gasteiger partial charge >= 0.3 is 6.09 Å². The minimum atomic E-state index is -0.253. The zero-order chi connectivity index (χ0) is 19.2. The first-order valence-corrected chi connectivity index (χ1v) is 9.02. The lowest BCUT2D eigenvalue weighted by molar-refractivity contribution is 0.105. The van der Waals surface area contributed by atoms with Crippen molar-refractivity contribution in [3.63, 3.8) is 0 Å². The van der Waals surface area contributed by atoms with E-state index >= 15 is 0 Å². The summed E-state index contributed by atoms with van der Waals surface area (Å²) in [6.07, 6.45) is -0.253. The number of aromatic nitrogens is 2. The first-order chi connectivity index (χ1) is 13.1. The fraction of sp³-hybridized carbons (Fsp3) is 0.421. The highest BCUT2D eigenvalue weighted by molar-refractivity contribution is 5.68. The van der Waals surface area contributed by atoms with Crippen LogP contribution >= 0.6 is 0 Å². The minimum Gasteiger partial charge on any atom is -0.497 e. The smallest absolute Gasteiger partial charge is 0.409 e. The van der Waals surface area contributed by atoms with E-state index in [9.17, 15) is 4.79 Å². The predicted molar refractivity (Wildman–Crippen MR) is 104 cm³/mol. The summed E-state index contributed by atoms with van der Waals surface area (Å²) in [5.41, 5.74) is 0.894. The number of benzene rings is 1. The van der Waals surface area contributed by atoms with Gasteiger partial charge in [0.15, 0.2) is 0 Å². The largest absolute Gasteiger partial charge is 0.497 e. The molecule has 1 aliphatic rings. The third-order valence-electron chi connectivity index (χ3n) is 4.30. The lowest BCUT2D eigenvalue weighted by Gasteiger charge is -2.34. The lowest BCUT2D eigenvalue weighted by Crippen LogP contribution is -2.49. The van der Waals surface area contributed by atoms with Crippen molar-refractivity contribution < 1.29 is 14.3 Å². The number of carbonyl (C=O) groups excluding carboxylic acids is 1. The van der Waals surface area contributed by atoms with Crippen LogP contribution in [0.1, 0.15) is 12.7 Å². The van der Waals surface area contributed by atoms with Gasteiger partial charge in [0.2, 0.25) is 0 Å². The van der Waals surface area contributed by atoms with Gasteiger partial charge in [-0.2, -0.15) is 0 Å². The summed E-state index contributed by atoms with van der Waals surface area (Å²) in [7, 11) is 1.64. The summed E-state index contributed by atoms with van der Waals surface area (Å²) in [4.78, 5) is 24.8. The third kappa shape index (κ3) is 4.78. The molecule has 2 aromatic rings. The number of amides is 1. The summed E-state index contributed by atoms with van der Waals surface area (Å²) in [6, 6.07) is 9.61. The number of nitrogens with one attached hydrogen (secondary N) is 1. The number of methoxy groups -OCH3 is 1. The lowest BCUT2D eigenvalue weighted by atomic mass is 10.3. The molecule has 1 aliphatic heterocycles. The van der Waals surface area contributed by atoms with Gasteiger partial charge in [-0.3, -0.25) is 0 Å². The Morgan fingerprint density at radius 2 is 1.96 bits per heavy atom. The zero-order valence-electron chi connectivity index (χ0n) is 15.9. The van der Waals surface area contributed by atoms with Gasteiger partial charge in [0.05, 0.1) is 13.7 Å². The number of hydrogen-bond donors (Lipinski definition) is 1. The molecule has 0 radical (unpaired) electrons. The summed E-state index contributed by atoms with van der Waals surface area (Å²) in [6.45, 7) is 6.70. The Labute approximate surface area is 159 Å². The molecular formula is C19H25N5O3. The van der Waals surface area contributed by atoms with Crippen molar-refractivity contribution in [3.05, 3.63) is 36.2 Å². The number of piperazine rings is 1. The molecule has 0 atom stereocenters. The molecular weight excluding hydrogens is 346 g/mol. The van der Waals surface area contributed by atoms with Crippen LogP contribution < -0.4 is 15.0 Å². The van der Waals surface area contributed by atoms with Gasteiger partial charge < -0.3 is 24.6 Å². The van der Waals surface area contributed by atoms with Crippen LogP contribution in [0.3, 0.4) is 0 Å². The van der Waals surface area contributed by atoms with E-state index in [2.05, 4.69) is 20.2 Å².